The lowest BCUT2D eigenvalue weighted by atomic mass is 10.1. The first-order chi connectivity index (χ1) is 13.7. The molecule has 9 heteroatoms. The van der Waals surface area contributed by atoms with E-state index in [1.165, 1.54) is 11.3 Å². The van der Waals surface area contributed by atoms with Crippen molar-refractivity contribution < 1.29 is 9.53 Å². The molecule has 3 aromatic rings. The Balaban J connectivity index is 1.33. The Morgan fingerprint density at radius 1 is 1.21 bits per heavy atom. The highest BCUT2D eigenvalue weighted by Crippen LogP contribution is 2.29. The number of hydrogen-bond acceptors (Lipinski definition) is 8. The van der Waals surface area contributed by atoms with Crippen molar-refractivity contribution in [3.63, 3.8) is 0 Å². The molecule has 8 nitrogen and oxygen atoms in total. The van der Waals surface area contributed by atoms with Crippen LogP contribution in [0.5, 0.6) is 5.19 Å². The topological polar surface area (TPSA) is 93.1 Å². The number of carbonyl (C=O) groups excluding carboxylic acids is 1. The van der Waals surface area contributed by atoms with Gasteiger partial charge in [-0.05, 0) is 36.0 Å². The molecular formula is C19H20N6O2S. The molecule has 1 aliphatic rings. The van der Waals surface area contributed by atoms with Crippen LogP contribution in [0.2, 0.25) is 0 Å². The van der Waals surface area contributed by atoms with Gasteiger partial charge < -0.3 is 15.0 Å². The van der Waals surface area contributed by atoms with Gasteiger partial charge in [0.1, 0.15) is 6.10 Å². The third kappa shape index (κ3) is 4.25. The smallest absolute Gasteiger partial charge is 0.296 e. The number of aromatic nitrogens is 4. The Labute approximate surface area is 166 Å². The summed E-state index contributed by atoms with van der Waals surface area (Å²) in [7, 11) is 0. The number of rotatable bonds is 6. The summed E-state index contributed by atoms with van der Waals surface area (Å²) in [6.45, 7) is 2.93. The van der Waals surface area contributed by atoms with E-state index in [2.05, 4.69) is 37.5 Å². The first kappa shape index (κ1) is 18.3. The van der Waals surface area contributed by atoms with Gasteiger partial charge in [-0.25, -0.2) is 0 Å². The second-order valence-electron chi connectivity index (χ2n) is 6.54. The molecule has 1 aliphatic heterocycles. The molecule has 4 rings (SSSR count). The maximum absolute atomic E-state index is 12.2. The van der Waals surface area contributed by atoms with E-state index in [1.54, 1.807) is 6.20 Å². The van der Waals surface area contributed by atoms with Crippen LogP contribution in [0.1, 0.15) is 18.9 Å². The maximum Gasteiger partial charge on any atom is 0.296 e. The highest BCUT2D eigenvalue weighted by atomic mass is 32.1. The van der Waals surface area contributed by atoms with Crippen LogP contribution >= 0.6 is 11.3 Å². The molecule has 144 valence electrons. The third-order valence-electron chi connectivity index (χ3n) is 4.65. The van der Waals surface area contributed by atoms with Crippen molar-refractivity contribution in [1.82, 2.24) is 20.4 Å². The van der Waals surface area contributed by atoms with Crippen molar-refractivity contribution in [2.75, 3.05) is 16.8 Å². The second-order valence-corrected chi connectivity index (χ2v) is 7.48. The van der Waals surface area contributed by atoms with E-state index in [9.17, 15) is 4.79 Å². The molecule has 28 heavy (non-hydrogen) atoms. The number of nitrogens with one attached hydrogen (secondary N) is 1. The lowest BCUT2D eigenvalue weighted by Gasteiger charge is -2.24. The van der Waals surface area contributed by atoms with Crippen LogP contribution in [0.4, 0.5) is 10.9 Å². The molecule has 0 bridgehead atoms. The van der Waals surface area contributed by atoms with Gasteiger partial charge in [0.2, 0.25) is 11.0 Å². The standard InChI is InChI=1S/C19H20N6O2S/c1-13-15(9-11-25(13)16-8-5-10-20-22-16)27-19-24-23-18(28-19)21-17(26)12-14-6-3-2-4-7-14/h2-8,10,13,15H,9,11-12H2,1H3,(H,21,23,26)/t13-,15+/m0/s1. The van der Waals surface area contributed by atoms with Gasteiger partial charge in [0, 0.05) is 19.2 Å². The van der Waals surface area contributed by atoms with Crippen LogP contribution in [-0.4, -0.2) is 45.0 Å². The summed E-state index contributed by atoms with van der Waals surface area (Å²) in [6, 6.07) is 13.5. The molecule has 1 saturated heterocycles. The number of hydrogen-bond donors (Lipinski definition) is 1. The lowest BCUT2D eigenvalue weighted by molar-refractivity contribution is -0.115. The van der Waals surface area contributed by atoms with Crippen LogP contribution in [0.15, 0.2) is 48.7 Å². The first-order valence-electron chi connectivity index (χ1n) is 9.07. The van der Waals surface area contributed by atoms with E-state index in [1.807, 2.05) is 42.5 Å². The van der Waals surface area contributed by atoms with Crippen molar-refractivity contribution in [3.05, 3.63) is 54.2 Å². The molecule has 0 radical (unpaired) electrons. The fourth-order valence-corrected chi connectivity index (χ4v) is 3.89. The summed E-state index contributed by atoms with van der Waals surface area (Å²) in [4.78, 5) is 14.3. The van der Waals surface area contributed by atoms with Gasteiger partial charge in [-0.15, -0.1) is 10.2 Å². The predicted molar refractivity (Wildman–Crippen MR) is 107 cm³/mol. The van der Waals surface area contributed by atoms with E-state index in [0.717, 1.165) is 24.3 Å². The Kier molecular flexibility index (Phi) is 5.43. The Hall–Kier alpha value is -3.07. The fourth-order valence-electron chi connectivity index (χ4n) is 3.22. The van der Waals surface area contributed by atoms with Crippen LogP contribution in [0.3, 0.4) is 0 Å². The molecule has 0 unspecified atom stereocenters. The zero-order chi connectivity index (χ0) is 19.3. The quantitative estimate of drug-likeness (QED) is 0.684. The Morgan fingerprint density at radius 2 is 2.07 bits per heavy atom. The number of amides is 1. The van der Waals surface area contributed by atoms with Crippen LogP contribution < -0.4 is 15.0 Å². The molecule has 2 atom stereocenters. The molecule has 0 spiro atoms. The Morgan fingerprint density at radius 3 is 2.86 bits per heavy atom. The number of benzene rings is 1. The first-order valence-corrected chi connectivity index (χ1v) is 9.89. The number of carbonyl (C=O) groups is 1. The van der Waals surface area contributed by atoms with Crippen LogP contribution in [-0.2, 0) is 11.2 Å². The number of anilines is 2. The monoisotopic (exact) mass is 396 g/mol. The van der Waals surface area contributed by atoms with E-state index in [-0.39, 0.29) is 18.1 Å². The third-order valence-corrected chi connectivity index (χ3v) is 5.38. The molecule has 0 saturated carbocycles. The molecule has 3 heterocycles. The van der Waals surface area contributed by atoms with Gasteiger partial charge in [0.05, 0.1) is 12.5 Å². The normalized spacial score (nSPS) is 18.8. The van der Waals surface area contributed by atoms with E-state index in [4.69, 9.17) is 4.74 Å². The molecule has 1 fully saturated rings. The molecule has 1 aromatic carbocycles. The summed E-state index contributed by atoms with van der Waals surface area (Å²) in [5.41, 5.74) is 0.949. The highest BCUT2D eigenvalue weighted by Gasteiger charge is 2.34. The summed E-state index contributed by atoms with van der Waals surface area (Å²) < 4.78 is 6.02. The van der Waals surface area contributed by atoms with Crippen LogP contribution in [0.25, 0.3) is 0 Å². The summed E-state index contributed by atoms with van der Waals surface area (Å²) in [5, 5.41) is 19.9. The second kappa shape index (κ2) is 8.30. The minimum Gasteiger partial charge on any atom is -0.463 e. The predicted octanol–water partition coefficient (Wildman–Crippen LogP) is 2.56. The van der Waals surface area contributed by atoms with E-state index >= 15 is 0 Å². The van der Waals surface area contributed by atoms with Gasteiger partial charge in [-0.1, -0.05) is 35.4 Å². The molecule has 1 amide bonds. The SMILES string of the molecule is C[C@H]1[C@H](Oc2nnc(NC(=O)Cc3ccccc3)s2)CCN1c1cccnn1. The Bertz CT molecular complexity index is 920. The van der Waals surface area contributed by atoms with Crippen molar-refractivity contribution in [3.8, 4) is 5.19 Å². The van der Waals surface area contributed by atoms with E-state index < -0.39 is 0 Å². The largest absolute Gasteiger partial charge is 0.463 e. The summed E-state index contributed by atoms with van der Waals surface area (Å²) in [6.07, 6.45) is 2.78. The number of nitrogens with zero attached hydrogens (tertiary/aromatic N) is 5. The van der Waals surface area contributed by atoms with Crippen molar-refractivity contribution in [2.45, 2.75) is 31.9 Å². The zero-order valence-corrected chi connectivity index (χ0v) is 16.2. The summed E-state index contributed by atoms with van der Waals surface area (Å²) >= 11 is 1.23. The average molecular weight is 396 g/mol. The van der Waals surface area contributed by atoms with Crippen molar-refractivity contribution in [2.24, 2.45) is 0 Å². The average Bonchev–Trinajstić information content (AvgIpc) is 3.30. The van der Waals surface area contributed by atoms with Gasteiger partial charge in [-0.3, -0.25) is 4.79 Å². The van der Waals surface area contributed by atoms with Gasteiger partial charge in [0.15, 0.2) is 5.82 Å². The minimum absolute atomic E-state index is 0.0252. The lowest BCUT2D eigenvalue weighted by Crippen LogP contribution is -2.35. The molecular weight excluding hydrogens is 376 g/mol. The molecule has 0 aliphatic carbocycles. The van der Waals surface area contributed by atoms with Gasteiger partial charge in [-0.2, -0.15) is 5.10 Å². The van der Waals surface area contributed by atoms with Crippen molar-refractivity contribution in [1.29, 1.82) is 0 Å². The number of ether oxygens (including phenoxy) is 1. The van der Waals surface area contributed by atoms with Gasteiger partial charge >= 0.3 is 0 Å². The van der Waals surface area contributed by atoms with Crippen LogP contribution in [0, 0.1) is 0 Å². The van der Waals surface area contributed by atoms with Crippen molar-refractivity contribution >= 4 is 28.2 Å². The minimum atomic E-state index is -0.128. The summed E-state index contributed by atoms with van der Waals surface area (Å²) in [5.74, 6) is 0.712. The fraction of sp³-hybridized carbons (Fsp3) is 0.316. The highest BCUT2D eigenvalue weighted by molar-refractivity contribution is 7.17. The zero-order valence-electron chi connectivity index (χ0n) is 15.4. The molecule has 1 N–H and O–H groups in total. The van der Waals surface area contributed by atoms with E-state index in [0.29, 0.717) is 16.7 Å². The van der Waals surface area contributed by atoms with Gasteiger partial charge in [0.25, 0.3) is 5.19 Å². The molecule has 2 aromatic heterocycles. The maximum atomic E-state index is 12.2.